The first-order valence-electron chi connectivity index (χ1n) is 5.97. The number of aromatic nitrogens is 1. The lowest BCUT2D eigenvalue weighted by molar-refractivity contribution is 0.198. The molecule has 0 saturated carbocycles. The predicted molar refractivity (Wildman–Crippen MR) is 75.6 cm³/mol. The third-order valence-electron chi connectivity index (χ3n) is 2.71. The molecule has 0 unspecified atom stereocenters. The van der Waals surface area contributed by atoms with E-state index in [0.29, 0.717) is 0 Å². The highest BCUT2D eigenvalue weighted by molar-refractivity contribution is 7.98. The zero-order valence-electron chi connectivity index (χ0n) is 10.6. The number of benzene rings is 1. The van der Waals surface area contributed by atoms with Crippen LogP contribution in [0.5, 0.6) is 0 Å². The van der Waals surface area contributed by atoms with E-state index in [2.05, 4.69) is 36.2 Å². The molecule has 94 valence electrons. The third-order valence-corrected chi connectivity index (χ3v) is 3.73. The molecule has 0 spiro atoms. The summed E-state index contributed by atoms with van der Waals surface area (Å²) in [5, 5.41) is 10.4. The van der Waals surface area contributed by atoms with Crippen LogP contribution in [0.25, 0.3) is 0 Å². The third kappa shape index (κ3) is 3.59. The molecule has 0 amide bonds. The molecule has 0 aliphatic carbocycles. The van der Waals surface area contributed by atoms with E-state index < -0.39 is 6.10 Å². The normalized spacial score (nSPS) is 12.4. The number of nitrogens with zero attached hydrogens (tertiary/aromatic N) is 1. The molecule has 1 atom stereocenters. The number of thioether (sulfide) groups is 1. The van der Waals surface area contributed by atoms with Crippen LogP contribution in [-0.2, 0) is 5.75 Å². The Morgan fingerprint density at radius 2 is 2.11 bits per heavy atom. The second-order valence-corrected chi connectivity index (χ2v) is 5.38. The topological polar surface area (TPSA) is 33.1 Å². The van der Waals surface area contributed by atoms with Crippen molar-refractivity contribution in [3.05, 3.63) is 59.3 Å². The minimum atomic E-state index is -0.451. The summed E-state index contributed by atoms with van der Waals surface area (Å²) >= 11 is 1.71. The first-order chi connectivity index (χ1) is 8.65. The van der Waals surface area contributed by atoms with Crippen molar-refractivity contribution in [2.75, 3.05) is 0 Å². The van der Waals surface area contributed by atoms with Crippen molar-refractivity contribution in [3.8, 4) is 0 Å². The van der Waals surface area contributed by atoms with Gasteiger partial charge in [-0.3, -0.25) is 0 Å². The van der Waals surface area contributed by atoms with Crippen molar-refractivity contribution in [1.29, 1.82) is 0 Å². The summed E-state index contributed by atoms with van der Waals surface area (Å²) in [7, 11) is 0. The van der Waals surface area contributed by atoms with Gasteiger partial charge in [0.2, 0.25) is 0 Å². The molecular formula is C15H17NOS. The minimum absolute atomic E-state index is 0.451. The lowest BCUT2D eigenvalue weighted by Crippen LogP contribution is -1.92. The fourth-order valence-corrected chi connectivity index (χ4v) is 2.47. The molecule has 3 heteroatoms. The molecule has 2 nitrogen and oxygen atoms in total. The van der Waals surface area contributed by atoms with Gasteiger partial charge >= 0.3 is 0 Å². The van der Waals surface area contributed by atoms with Crippen molar-refractivity contribution < 1.29 is 5.11 Å². The summed E-state index contributed by atoms with van der Waals surface area (Å²) in [6.07, 6.45) is 1.29. The second-order valence-electron chi connectivity index (χ2n) is 4.38. The molecular weight excluding hydrogens is 242 g/mol. The first kappa shape index (κ1) is 13.1. The number of aliphatic hydroxyl groups excluding tert-OH is 1. The van der Waals surface area contributed by atoms with E-state index in [1.165, 1.54) is 11.1 Å². The van der Waals surface area contributed by atoms with Crippen molar-refractivity contribution in [2.24, 2.45) is 0 Å². The summed E-state index contributed by atoms with van der Waals surface area (Å²) in [6, 6.07) is 12.4. The Morgan fingerprint density at radius 3 is 2.72 bits per heavy atom. The summed E-state index contributed by atoms with van der Waals surface area (Å²) in [6.45, 7) is 3.85. The van der Waals surface area contributed by atoms with Crippen LogP contribution in [0.15, 0.2) is 47.6 Å². The lowest BCUT2D eigenvalue weighted by atomic mass is 10.2. The van der Waals surface area contributed by atoms with Gasteiger partial charge in [0.25, 0.3) is 0 Å². The quantitative estimate of drug-likeness (QED) is 0.849. The maximum Gasteiger partial charge on any atom is 0.0963 e. The fourth-order valence-electron chi connectivity index (χ4n) is 1.68. The molecule has 2 rings (SSSR count). The molecule has 0 aliphatic rings. The zero-order chi connectivity index (χ0) is 13.0. The summed E-state index contributed by atoms with van der Waals surface area (Å²) in [5.41, 5.74) is 3.45. The van der Waals surface area contributed by atoms with Crippen LogP contribution >= 0.6 is 11.8 Å². The monoisotopic (exact) mass is 259 g/mol. The molecule has 18 heavy (non-hydrogen) atoms. The number of aryl methyl sites for hydroxylation is 1. The largest absolute Gasteiger partial charge is 0.389 e. The van der Waals surface area contributed by atoms with Crippen LogP contribution < -0.4 is 0 Å². The number of aliphatic hydroxyl groups is 1. The van der Waals surface area contributed by atoms with Gasteiger partial charge in [-0.25, -0.2) is 4.98 Å². The smallest absolute Gasteiger partial charge is 0.0963 e. The van der Waals surface area contributed by atoms with Crippen molar-refractivity contribution >= 4 is 11.8 Å². The van der Waals surface area contributed by atoms with E-state index in [0.717, 1.165) is 16.3 Å². The van der Waals surface area contributed by atoms with E-state index in [1.54, 1.807) is 24.9 Å². The van der Waals surface area contributed by atoms with Gasteiger partial charge in [-0.2, -0.15) is 0 Å². The van der Waals surface area contributed by atoms with E-state index in [4.69, 9.17) is 0 Å². The van der Waals surface area contributed by atoms with Crippen LogP contribution in [-0.4, -0.2) is 10.1 Å². The number of rotatable bonds is 4. The highest BCUT2D eigenvalue weighted by Crippen LogP contribution is 2.22. The van der Waals surface area contributed by atoms with E-state index >= 15 is 0 Å². The Bertz CT molecular complexity index is 508. The van der Waals surface area contributed by atoms with Crippen LogP contribution in [0.4, 0.5) is 0 Å². The van der Waals surface area contributed by atoms with Crippen LogP contribution in [0.2, 0.25) is 0 Å². The highest BCUT2D eigenvalue weighted by Gasteiger charge is 2.02. The van der Waals surface area contributed by atoms with Crippen molar-refractivity contribution in [3.63, 3.8) is 0 Å². The zero-order valence-corrected chi connectivity index (χ0v) is 11.4. The number of hydrogen-bond acceptors (Lipinski definition) is 3. The van der Waals surface area contributed by atoms with Gasteiger partial charge < -0.3 is 5.11 Å². The van der Waals surface area contributed by atoms with E-state index in [1.807, 2.05) is 12.1 Å². The maximum absolute atomic E-state index is 9.41. The minimum Gasteiger partial charge on any atom is -0.389 e. The maximum atomic E-state index is 9.41. The molecule has 1 heterocycles. The van der Waals surface area contributed by atoms with Gasteiger partial charge in [-0.15, -0.1) is 11.8 Å². The molecule has 1 aromatic carbocycles. The van der Waals surface area contributed by atoms with E-state index in [9.17, 15) is 5.11 Å². The Morgan fingerprint density at radius 1 is 1.28 bits per heavy atom. The van der Waals surface area contributed by atoms with Gasteiger partial charge in [-0.1, -0.05) is 35.9 Å². The van der Waals surface area contributed by atoms with Crippen molar-refractivity contribution in [2.45, 2.75) is 30.7 Å². The molecule has 1 N–H and O–H groups in total. The molecule has 0 fully saturated rings. The molecule has 2 aromatic rings. The second kappa shape index (κ2) is 6.03. The molecule has 0 aliphatic heterocycles. The Labute approximate surface area is 112 Å². The van der Waals surface area contributed by atoms with Crippen molar-refractivity contribution in [1.82, 2.24) is 4.98 Å². The van der Waals surface area contributed by atoms with Gasteiger partial charge in [0.15, 0.2) is 0 Å². The summed E-state index contributed by atoms with van der Waals surface area (Å²) in [5.74, 6) is 0.919. The van der Waals surface area contributed by atoms with Gasteiger partial charge in [0.05, 0.1) is 11.1 Å². The van der Waals surface area contributed by atoms with Gasteiger partial charge in [0, 0.05) is 11.9 Å². The molecule has 0 bridgehead atoms. The number of hydrogen-bond donors (Lipinski definition) is 1. The predicted octanol–water partition coefficient (Wildman–Crippen LogP) is 3.74. The van der Waals surface area contributed by atoms with Crippen LogP contribution in [0.3, 0.4) is 0 Å². The average Bonchev–Trinajstić information content (AvgIpc) is 2.37. The van der Waals surface area contributed by atoms with Crippen LogP contribution in [0.1, 0.15) is 29.7 Å². The standard InChI is InChI=1S/C15H17NOS/c1-11-4-3-5-13(8-11)10-18-15-7-6-14(9-16-15)12(2)17/h3-9,12,17H,10H2,1-2H3/t12-/m1/s1. The lowest BCUT2D eigenvalue weighted by Gasteiger charge is -2.05. The average molecular weight is 259 g/mol. The van der Waals surface area contributed by atoms with Gasteiger partial charge in [-0.05, 0) is 31.0 Å². The Balaban J connectivity index is 1.98. The Kier molecular flexibility index (Phi) is 4.39. The SMILES string of the molecule is Cc1cccc(CSc2ccc([C@@H](C)O)cn2)c1. The highest BCUT2D eigenvalue weighted by atomic mass is 32.2. The first-order valence-corrected chi connectivity index (χ1v) is 6.96. The van der Waals surface area contributed by atoms with Crippen LogP contribution in [0, 0.1) is 6.92 Å². The fraction of sp³-hybridized carbons (Fsp3) is 0.267. The molecule has 1 aromatic heterocycles. The summed E-state index contributed by atoms with van der Waals surface area (Å²) in [4.78, 5) is 4.34. The van der Waals surface area contributed by atoms with Gasteiger partial charge in [0.1, 0.15) is 0 Å². The summed E-state index contributed by atoms with van der Waals surface area (Å²) < 4.78 is 0. The number of pyridine rings is 1. The molecule has 0 radical (unpaired) electrons. The Hall–Kier alpha value is -1.32. The molecule has 0 saturated heterocycles. The van der Waals surface area contributed by atoms with E-state index in [-0.39, 0.29) is 0 Å².